The molecule has 0 unspecified atom stereocenters. The van der Waals surface area contributed by atoms with Crippen molar-refractivity contribution in [2.75, 3.05) is 4.90 Å². The molecule has 0 aromatic carbocycles. The molecular weight excluding hydrogens is 322 g/mol. The summed E-state index contributed by atoms with van der Waals surface area (Å²) in [5, 5.41) is 17.7. The van der Waals surface area contributed by atoms with E-state index < -0.39 is 0 Å². The van der Waals surface area contributed by atoms with Gasteiger partial charge in [-0.2, -0.15) is 5.10 Å². The third kappa shape index (κ3) is 2.50. The van der Waals surface area contributed by atoms with E-state index in [2.05, 4.69) is 24.9 Å². The summed E-state index contributed by atoms with van der Waals surface area (Å²) in [7, 11) is 1.85. The fourth-order valence-electron chi connectivity index (χ4n) is 1.97. The molecule has 0 atom stereocenters. The number of aromatic nitrogens is 6. The summed E-state index contributed by atoms with van der Waals surface area (Å²) >= 11 is 2.57. The summed E-state index contributed by atoms with van der Waals surface area (Å²) in [6.07, 6.45) is 1.53. The first-order valence-electron chi connectivity index (χ1n) is 6.54. The SMILES string of the molecule is CCc1cc(N(C=O)c2nnc(-c3snnc3C)s2)nn1C. The largest absolute Gasteiger partial charge is 0.278 e. The fourth-order valence-corrected chi connectivity index (χ4v) is 3.55. The molecule has 0 aliphatic rings. The normalized spacial score (nSPS) is 10.9. The van der Waals surface area contributed by atoms with Crippen LogP contribution in [0.15, 0.2) is 6.07 Å². The zero-order valence-electron chi connectivity index (χ0n) is 12.2. The van der Waals surface area contributed by atoms with E-state index >= 15 is 0 Å². The minimum atomic E-state index is 0.471. The van der Waals surface area contributed by atoms with E-state index in [1.807, 2.05) is 27.0 Å². The number of amides is 1. The van der Waals surface area contributed by atoms with Gasteiger partial charge in [0, 0.05) is 18.8 Å². The van der Waals surface area contributed by atoms with Crippen molar-refractivity contribution in [3.63, 3.8) is 0 Å². The molecule has 3 aromatic heterocycles. The Morgan fingerprint density at radius 2 is 2.18 bits per heavy atom. The van der Waals surface area contributed by atoms with Crippen molar-refractivity contribution >= 4 is 40.2 Å². The predicted molar refractivity (Wildman–Crippen MR) is 84.3 cm³/mol. The molecule has 10 heteroatoms. The summed E-state index contributed by atoms with van der Waals surface area (Å²) in [6, 6.07) is 1.87. The first-order valence-corrected chi connectivity index (χ1v) is 8.13. The average molecular weight is 335 g/mol. The molecule has 114 valence electrons. The standard InChI is InChI=1S/C12H13N7OS2/c1-4-8-5-9(16-18(8)3)19(6-20)12-15-14-11(21-12)10-7(2)13-17-22-10/h5-6H,4H2,1-3H3. The number of aryl methyl sites for hydroxylation is 3. The summed E-state index contributed by atoms with van der Waals surface area (Å²) in [5.41, 5.74) is 1.84. The summed E-state index contributed by atoms with van der Waals surface area (Å²) < 4.78 is 5.64. The summed E-state index contributed by atoms with van der Waals surface area (Å²) in [4.78, 5) is 13.7. The van der Waals surface area contributed by atoms with Crippen molar-refractivity contribution in [3.8, 4) is 9.88 Å². The van der Waals surface area contributed by atoms with Gasteiger partial charge in [0.05, 0.1) is 5.69 Å². The number of hydrogen-bond acceptors (Lipinski definition) is 8. The van der Waals surface area contributed by atoms with Crippen molar-refractivity contribution in [2.24, 2.45) is 7.05 Å². The van der Waals surface area contributed by atoms with Crippen LogP contribution in [0.3, 0.4) is 0 Å². The Bertz CT molecular complexity index is 806. The van der Waals surface area contributed by atoms with Crippen LogP contribution in [0, 0.1) is 6.92 Å². The predicted octanol–water partition coefficient (Wildman–Crippen LogP) is 1.96. The van der Waals surface area contributed by atoms with Crippen molar-refractivity contribution in [2.45, 2.75) is 20.3 Å². The van der Waals surface area contributed by atoms with Gasteiger partial charge in [0.2, 0.25) is 11.5 Å². The van der Waals surface area contributed by atoms with Gasteiger partial charge in [-0.3, -0.25) is 9.48 Å². The Morgan fingerprint density at radius 3 is 2.77 bits per heavy atom. The van der Waals surface area contributed by atoms with Crippen molar-refractivity contribution in [1.82, 2.24) is 29.6 Å². The molecule has 0 fully saturated rings. The number of carbonyl (C=O) groups is 1. The molecule has 0 bridgehead atoms. The Hall–Kier alpha value is -2.20. The second-order valence-corrected chi connectivity index (χ2v) is 6.23. The maximum Gasteiger partial charge on any atom is 0.221 e. The molecule has 0 N–H and O–H groups in total. The molecule has 8 nitrogen and oxygen atoms in total. The fraction of sp³-hybridized carbons (Fsp3) is 0.333. The van der Waals surface area contributed by atoms with Crippen molar-refractivity contribution in [3.05, 3.63) is 17.5 Å². The molecule has 0 saturated heterocycles. The third-order valence-electron chi connectivity index (χ3n) is 3.14. The quantitative estimate of drug-likeness (QED) is 0.662. The van der Waals surface area contributed by atoms with Gasteiger partial charge in [-0.25, -0.2) is 4.90 Å². The lowest BCUT2D eigenvalue weighted by Gasteiger charge is -2.08. The first kappa shape index (κ1) is 14.7. The van der Waals surface area contributed by atoms with Gasteiger partial charge in [-0.1, -0.05) is 22.7 Å². The molecule has 0 aliphatic carbocycles. The van der Waals surface area contributed by atoms with Gasteiger partial charge in [0.15, 0.2) is 10.8 Å². The average Bonchev–Trinajstić information content (AvgIpc) is 3.20. The van der Waals surface area contributed by atoms with Crippen LogP contribution in [-0.2, 0) is 18.3 Å². The zero-order chi connectivity index (χ0) is 15.7. The number of hydrogen-bond donors (Lipinski definition) is 0. The zero-order valence-corrected chi connectivity index (χ0v) is 13.9. The van der Waals surface area contributed by atoms with Gasteiger partial charge in [0.1, 0.15) is 4.88 Å². The topological polar surface area (TPSA) is 89.7 Å². The molecule has 0 saturated carbocycles. The van der Waals surface area contributed by atoms with E-state index in [9.17, 15) is 4.79 Å². The van der Waals surface area contributed by atoms with E-state index in [1.54, 1.807) is 4.68 Å². The maximum absolute atomic E-state index is 11.5. The second kappa shape index (κ2) is 5.89. The minimum Gasteiger partial charge on any atom is -0.278 e. The van der Waals surface area contributed by atoms with Gasteiger partial charge < -0.3 is 0 Å². The molecular formula is C12H13N7OS2. The molecule has 3 rings (SSSR count). The summed E-state index contributed by atoms with van der Waals surface area (Å²) in [5.74, 6) is 0.538. The molecule has 0 spiro atoms. The number of anilines is 2. The Labute approximate surface area is 134 Å². The van der Waals surface area contributed by atoms with Crippen LogP contribution in [0.25, 0.3) is 9.88 Å². The van der Waals surface area contributed by atoms with E-state index in [4.69, 9.17) is 0 Å². The maximum atomic E-state index is 11.5. The lowest BCUT2D eigenvalue weighted by molar-refractivity contribution is -0.106. The van der Waals surface area contributed by atoms with Crippen LogP contribution in [-0.4, -0.2) is 36.0 Å². The van der Waals surface area contributed by atoms with Crippen molar-refractivity contribution < 1.29 is 4.79 Å². The molecule has 3 heterocycles. The number of rotatable bonds is 5. The Balaban J connectivity index is 1.96. The smallest absolute Gasteiger partial charge is 0.221 e. The minimum absolute atomic E-state index is 0.471. The van der Waals surface area contributed by atoms with E-state index in [1.165, 1.54) is 27.8 Å². The first-order chi connectivity index (χ1) is 10.6. The lowest BCUT2D eigenvalue weighted by Crippen LogP contribution is -2.14. The van der Waals surface area contributed by atoms with Crippen LogP contribution in [0.5, 0.6) is 0 Å². The van der Waals surface area contributed by atoms with Crippen LogP contribution in [0.4, 0.5) is 10.9 Å². The molecule has 1 amide bonds. The Kier molecular flexibility index (Phi) is 3.94. The Morgan fingerprint density at radius 1 is 1.36 bits per heavy atom. The molecule has 3 aromatic rings. The lowest BCUT2D eigenvalue weighted by atomic mass is 10.3. The van der Waals surface area contributed by atoms with Gasteiger partial charge in [0.25, 0.3) is 0 Å². The van der Waals surface area contributed by atoms with Crippen molar-refractivity contribution in [1.29, 1.82) is 0 Å². The monoisotopic (exact) mass is 335 g/mol. The summed E-state index contributed by atoms with van der Waals surface area (Å²) in [6.45, 7) is 3.90. The number of nitrogens with zero attached hydrogens (tertiary/aromatic N) is 7. The highest BCUT2D eigenvalue weighted by Gasteiger charge is 2.20. The van der Waals surface area contributed by atoms with Gasteiger partial charge in [-0.05, 0) is 24.9 Å². The van der Waals surface area contributed by atoms with Crippen LogP contribution in [0.2, 0.25) is 0 Å². The second-order valence-electron chi connectivity index (χ2n) is 4.52. The molecule has 0 radical (unpaired) electrons. The highest BCUT2D eigenvalue weighted by Crippen LogP contribution is 2.34. The van der Waals surface area contributed by atoms with E-state index in [0.717, 1.165) is 22.7 Å². The molecule has 22 heavy (non-hydrogen) atoms. The van der Waals surface area contributed by atoms with Crippen LogP contribution < -0.4 is 4.90 Å². The van der Waals surface area contributed by atoms with E-state index in [-0.39, 0.29) is 0 Å². The highest BCUT2D eigenvalue weighted by molar-refractivity contribution is 7.22. The van der Waals surface area contributed by atoms with Gasteiger partial charge in [-0.15, -0.1) is 15.3 Å². The molecule has 0 aliphatic heterocycles. The third-order valence-corrected chi connectivity index (χ3v) is 5.05. The van der Waals surface area contributed by atoms with Crippen LogP contribution in [0.1, 0.15) is 18.3 Å². The van der Waals surface area contributed by atoms with Gasteiger partial charge >= 0.3 is 0 Å². The highest BCUT2D eigenvalue weighted by atomic mass is 32.1. The number of carbonyl (C=O) groups excluding carboxylic acids is 1. The van der Waals surface area contributed by atoms with E-state index in [0.29, 0.717) is 22.4 Å². The van der Waals surface area contributed by atoms with Crippen LogP contribution >= 0.6 is 22.9 Å².